The third kappa shape index (κ3) is 4.64. The standard InChI is InChI=1S/C21H20ClFN4O4.ClH/c1-27-9-11(6-16(27)21(28)29)31-18-7-12-15(8-17(18)30-2)24-10-25-20(12)26-14-5-3-4-13(22)19(14)23;/h3-5,7-8,10-11,16H,6,9H2,1-2H3,(H,28,29)(H,24,25,26);1H/t11-,16+;/m0./s1. The van der Waals surface area contributed by atoms with E-state index < -0.39 is 17.8 Å². The number of benzene rings is 2. The second kappa shape index (κ2) is 9.72. The summed E-state index contributed by atoms with van der Waals surface area (Å²) in [6, 6.07) is 7.43. The molecule has 11 heteroatoms. The third-order valence-electron chi connectivity index (χ3n) is 5.21. The van der Waals surface area contributed by atoms with Crippen molar-refractivity contribution in [1.29, 1.82) is 0 Å². The number of aromatic nitrogens is 2. The number of anilines is 2. The normalized spacial score (nSPS) is 18.2. The summed E-state index contributed by atoms with van der Waals surface area (Å²) >= 11 is 5.87. The van der Waals surface area contributed by atoms with Gasteiger partial charge in [-0.15, -0.1) is 12.4 Å². The van der Waals surface area contributed by atoms with Crippen LogP contribution in [0.1, 0.15) is 6.42 Å². The molecule has 170 valence electrons. The number of hydrogen-bond acceptors (Lipinski definition) is 7. The first-order valence-corrected chi connectivity index (χ1v) is 9.88. The molecule has 4 rings (SSSR count). The van der Waals surface area contributed by atoms with Crippen molar-refractivity contribution in [2.75, 3.05) is 26.0 Å². The van der Waals surface area contributed by atoms with Crippen molar-refractivity contribution in [3.05, 3.63) is 47.5 Å². The first kappa shape index (κ1) is 23.8. The molecule has 0 bridgehead atoms. The van der Waals surface area contributed by atoms with Crippen LogP contribution in [0.2, 0.25) is 5.02 Å². The minimum Gasteiger partial charge on any atom is -0.493 e. The number of likely N-dealkylation sites (N-methyl/N-ethyl adjacent to an activating group) is 1. The summed E-state index contributed by atoms with van der Waals surface area (Å²) in [7, 11) is 3.26. The molecule has 0 spiro atoms. The number of likely N-dealkylation sites (tertiary alicyclic amines) is 1. The number of fused-ring (bicyclic) bond motifs is 1. The number of ether oxygens (including phenoxy) is 2. The Hall–Kier alpha value is -2.88. The zero-order valence-electron chi connectivity index (χ0n) is 17.2. The van der Waals surface area contributed by atoms with E-state index >= 15 is 0 Å². The fraction of sp³-hybridized carbons (Fsp3) is 0.286. The molecule has 1 aliphatic rings. The molecule has 0 amide bonds. The van der Waals surface area contributed by atoms with E-state index in [2.05, 4.69) is 15.3 Å². The van der Waals surface area contributed by atoms with E-state index in [1.165, 1.54) is 19.5 Å². The number of carboxylic acid groups (broad SMARTS) is 1. The average molecular weight is 483 g/mol. The molecule has 0 saturated carbocycles. The highest BCUT2D eigenvalue weighted by Gasteiger charge is 2.36. The zero-order chi connectivity index (χ0) is 22.1. The highest BCUT2D eigenvalue weighted by Crippen LogP contribution is 2.37. The SMILES string of the molecule is COc1cc2ncnc(Nc3cccc(Cl)c3F)c2cc1O[C@H]1C[C@H](C(=O)O)N(C)C1.Cl. The van der Waals surface area contributed by atoms with Crippen molar-refractivity contribution in [2.45, 2.75) is 18.6 Å². The largest absolute Gasteiger partial charge is 0.493 e. The number of aliphatic carboxylic acids is 1. The van der Waals surface area contributed by atoms with Crippen molar-refractivity contribution < 1.29 is 23.8 Å². The first-order chi connectivity index (χ1) is 14.9. The summed E-state index contributed by atoms with van der Waals surface area (Å²) in [4.78, 5) is 21.6. The van der Waals surface area contributed by atoms with E-state index in [0.717, 1.165) is 0 Å². The van der Waals surface area contributed by atoms with Gasteiger partial charge in [-0.2, -0.15) is 0 Å². The van der Waals surface area contributed by atoms with Crippen LogP contribution < -0.4 is 14.8 Å². The van der Waals surface area contributed by atoms with Crippen molar-refractivity contribution in [3.8, 4) is 11.5 Å². The summed E-state index contributed by atoms with van der Waals surface area (Å²) in [5, 5.41) is 12.9. The maximum Gasteiger partial charge on any atom is 0.321 e. The average Bonchev–Trinajstić information content (AvgIpc) is 3.11. The Morgan fingerprint density at radius 1 is 1.31 bits per heavy atom. The lowest BCUT2D eigenvalue weighted by molar-refractivity contribution is -0.141. The van der Waals surface area contributed by atoms with Crippen LogP contribution in [-0.2, 0) is 4.79 Å². The summed E-state index contributed by atoms with van der Waals surface area (Å²) in [5.41, 5.74) is 0.739. The number of methoxy groups -OCH3 is 1. The number of carboxylic acids is 1. The Morgan fingerprint density at radius 2 is 2.09 bits per heavy atom. The molecule has 0 aliphatic carbocycles. The Bertz CT molecular complexity index is 1150. The van der Waals surface area contributed by atoms with Gasteiger partial charge in [0.1, 0.15) is 24.3 Å². The fourth-order valence-electron chi connectivity index (χ4n) is 3.65. The van der Waals surface area contributed by atoms with Crippen molar-refractivity contribution >= 4 is 52.4 Å². The van der Waals surface area contributed by atoms with Crippen LogP contribution in [0.15, 0.2) is 36.7 Å². The van der Waals surface area contributed by atoms with E-state index in [9.17, 15) is 14.3 Å². The van der Waals surface area contributed by atoms with Gasteiger partial charge in [0.05, 0.1) is 23.3 Å². The van der Waals surface area contributed by atoms with Crippen LogP contribution in [0.25, 0.3) is 10.9 Å². The highest BCUT2D eigenvalue weighted by atomic mass is 35.5. The summed E-state index contributed by atoms with van der Waals surface area (Å²) < 4.78 is 25.9. The van der Waals surface area contributed by atoms with Crippen molar-refractivity contribution in [3.63, 3.8) is 0 Å². The second-order valence-electron chi connectivity index (χ2n) is 7.24. The lowest BCUT2D eigenvalue weighted by atomic mass is 10.1. The highest BCUT2D eigenvalue weighted by molar-refractivity contribution is 6.31. The van der Waals surface area contributed by atoms with Crippen LogP contribution in [-0.4, -0.2) is 58.8 Å². The smallest absolute Gasteiger partial charge is 0.321 e. The van der Waals surface area contributed by atoms with Crippen LogP contribution in [0.4, 0.5) is 15.9 Å². The van der Waals surface area contributed by atoms with Crippen LogP contribution in [0.5, 0.6) is 11.5 Å². The zero-order valence-corrected chi connectivity index (χ0v) is 18.8. The minimum atomic E-state index is -0.887. The Kier molecular flexibility index (Phi) is 7.22. The second-order valence-corrected chi connectivity index (χ2v) is 7.65. The lowest BCUT2D eigenvalue weighted by Crippen LogP contribution is -2.32. The number of rotatable bonds is 6. The van der Waals surface area contributed by atoms with Gasteiger partial charge >= 0.3 is 5.97 Å². The fourth-order valence-corrected chi connectivity index (χ4v) is 3.82. The van der Waals surface area contributed by atoms with Gasteiger partial charge in [0.15, 0.2) is 17.3 Å². The number of carbonyl (C=O) groups is 1. The van der Waals surface area contributed by atoms with Crippen LogP contribution in [0, 0.1) is 5.82 Å². The maximum absolute atomic E-state index is 14.4. The van der Waals surface area contributed by atoms with Gasteiger partial charge in [-0.3, -0.25) is 9.69 Å². The van der Waals surface area contributed by atoms with Gasteiger partial charge in [0.25, 0.3) is 0 Å². The Labute approximate surface area is 194 Å². The van der Waals surface area contributed by atoms with E-state index in [-0.39, 0.29) is 29.2 Å². The minimum absolute atomic E-state index is 0. The summed E-state index contributed by atoms with van der Waals surface area (Å²) in [6.07, 6.45) is 1.37. The predicted octanol–water partition coefficient (Wildman–Crippen LogP) is 4.13. The number of nitrogens with one attached hydrogen (secondary N) is 1. The van der Waals surface area contributed by atoms with Gasteiger partial charge in [-0.05, 0) is 25.2 Å². The monoisotopic (exact) mass is 482 g/mol. The maximum atomic E-state index is 14.4. The molecule has 0 radical (unpaired) electrons. The molecule has 2 atom stereocenters. The molecule has 2 heterocycles. The molecular weight excluding hydrogens is 462 g/mol. The van der Waals surface area contributed by atoms with Gasteiger partial charge < -0.3 is 19.9 Å². The molecule has 0 unspecified atom stereocenters. The van der Waals surface area contributed by atoms with Gasteiger partial charge in [-0.1, -0.05) is 17.7 Å². The molecule has 1 saturated heterocycles. The van der Waals surface area contributed by atoms with Crippen LogP contribution >= 0.6 is 24.0 Å². The van der Waals surface area contributed by atoms with Crippen molar-refractivity contribution in [1.82, 2.24) is 14.9 Å². The Morgan fingerprint density at radius 3 is 2.78 bits per heavy atom. The predicted molar refractivity (Wildman–Crippen MR) is 121 cm³/mol. The molecule has 2 aromatic carbocycles. The van der Waals surface area contributed by atoms with Crippen molar-refractivity contribution in [2.24, 2.45) is 0 Å². The lowest BCUT2D eigenvalue weighted by Gasteiger charge is -2.17. The van der Waals surface area contributed by atoms with Gasteiger partial charge in [0, 0.05) is 24.4 Å². The van der Waals surface area contributed by atoms with E-state index in [1.54, 1.807) is 36.2 Å². The summed E-state index contributed by atoms with van der Waals surface area (Å²) in [6.45, 7) is 0.461. The molecule has 8 nitrogen and oxygen atoms in total. The molecular formula is C21H21Cl2FN4O4. The first-order valence-electron chi connectivity index (χ1n) is 9.51. The topological polar surface area (TPSA) is 96.8 Å². The molecule has 32 heavy (non-hydrogen) atoms. The van der Waals surface area contributed by atoms with Crippen LogP contribution in [0.3, 0.4) is 0 Å². The molecule has 1 aromatic heterocycles. The molecule has 1 fully saturated rings. The number of nitrogens with zero attached hydrogens (tertiary/aromatic N) is 3. The quantitative estimate of drug-likeness (QED) is 0.541. The summed E-state index contributed by atoms with van der Waals surface area (Å²) in [5.74, 6) is -0.237. The molecule has 3 aromatic rings. The van der Waals surface area contributed by atoms with E-state index in [4.69, 9.17) is 21.1 Å². The Balaban J connectivity index is 0.00000289. The van der Waals surface area contributed by atoms with Gasteiger partial charge in [0.2, 0.25) is 0 Å². The third-order valence-corrected chi connectivity index (χ3v) is 5.51. The van der Waals surface area contributed by atoms with E-state index in [1.807, 2.05) is 0 Å². The van der Waals surface area contributed by atoms with Gasteiger partial charge in [-0.25, -0.2) is 14.4 Å². The molecule has 1 aliphatic heterocycles. The number of hydrogen-bond donors (Lipinski definition) is 2. The molecule has 2 N–H and O–H groups in total. The van der Waals surface area contributed by atoms with E-state index in [0.29, 0.717) is 41.2 Å². The number of halogens is 3.